The van der Waals surface area contributed by atoms with Gasteiger partial charge in [-0.25, -0.2) is 4.39 Å². The molecular weight excluding hydrogens is 335 g/mol. The Labute approximate surface area is 134 Å². The average molecular weight is 357 g/mol. The van der Waals surface area contributed by atoms with Crippen molar-refractivity contribution in [2.24, 2.45) is 5.92 Å². The summed E-state index contributed by atoms with van der Waals surface area (Å²) in [6.07, 6.45) is 5.09. The van der Waals surface area contributed by atoms with E-state index in [0.717, 1.165) is 6.54 Å². The van der Waals surface area contributed by atoms with E-state index in [1.54, 1.807) is 12.1 Å². The molecule has 116 valence electrons. The van der Waals surface area contributed by atoms with Crippen molar-refractivity contribution in [3.63, 3.8) is 0 Å². The molecule has 1 unspecified atom stereocenters. The van der Waals surface area contributed by atoms with Crippen LogP contribution in [0.15, 0.2) is 22.7 Å². The maximum atomic E-state index is 13.7. The van der Waals surface area contributed by atoms with E-state index in [1.165, 1.54) is 31.7 Å². The minimum Gasteiger partial charge on any atom is -0.322 e. The van der Waals surface area contributed by atoms with Crippen molar-refractivity contribution in [2.45, 2.75) is 38.6 Å². The van der Waals surface area contributed by atoms with Gasteiger partial charge in [-0.05, 0) is 50.9 Å². The lowest BCUT2D eigenvalue weighted by Crippen LogP contribution is -2.41. The van der Waals surface area contributed by atoms with Gasteiger partial charge in [-0.15, -0.1) is 0 Å². The number of nitrogens with zero attached hydrogens (tertiary/aromatic N) is 1. The first-order valence-electron chi connectivity index (χ1n) is 7.43. The number of hydrogen-bond donors (Lipinski definition) is 1. The molecule has 1 N–H and O–H groups in total. The van der Waals surface area contributed by atoms with Crippen LogP contribution in [0.1, 0.15) is 32.6 Å². The second-order valence-corrected chi connectivity index (χ2v) is 6.80. The van der Waals surface area contributed by atoms with Crippen LogP contribution in [0.4, 0.5) is 10.1 Å². The van der Waals surface area contributed by atoms with Crippen LogP contribution in [-0.2, 0) is 4.79 Å². The maximum absolute atomic E-state index is 13.7. The number of rotatable bonds is 5. The van der Waals surface area contributed by atoms with E-state index in [2.05, 4.69) is 26.1 Å². The third-order valence-electron chi connectivity index (χ3n) is 4.25. The second kappa shape index (κ2) is 7.36. The Hall–Kier alpha value is -0.940. The molecule has 0 saturated heterocycles. The van der Waals surface area contributed by atoms with Crippen LogP contribution in [0.2, 0.25) is 0 Å². The Bertz CT molecular complexity index is 503. The number of carbonyl (C=O) groups excluding carboxylic acids is 1. The molecule has 0 aromatic heterocycles. The predicted molar refractivity (Wildman–Crippen MR) is 86.8 cm³/mol. The van der Waals surface area contributed by atoms with Crippen LogP contribution < -0.4 is 5.32 Å². The zero-order valence-electron chi connectivity index (χ0n) is 12.5. The van der Waals surface area contributed by atoms with Gasteiger partial charge in [0.05, 0.1) is 11.7 Å². The number of amides is 1. The molecule has 3 nitrogen and oxygen atoms in total. The van der Waals surface area contributed by atoms with Gasteiger partial charge in [-0.1, -0.05) is 28.8 Å². The van der Waals surface area contributed by atoms with E-state index in [1.807, 2.05) is 14.0 Å². The molecule has 1 atom stereocenters. The average Bonchev–Trinajstić information content (AvgIpc) is 2.93. The number of likely N-dealkylation sites (N-methyl/N-ethyl adjacent to an activating group) is 1. The van der Waals surface area contributed by atoms with Gasteiger partial charge in [0.15, 0.2) is 0 Å². The molecule has 5 heteroatoms. The third-order valence-corrected chi connectivity index (χ3v) is 4.74. The van der Waals surface area contributed by atoms with E-state index >= 15 is 0 Å². The highest BCUT2D eigenvalue weighted by Crippen LogP contribution is 2.26. The van der Waals surface area contributed by atoms with Gasteiger partial charge < -0.3 is 5.32 Å². The lowest BCUT2D eigenvalue weighted by atomic mass is 10.1. The largest absolute Gasteiger partial charge is 0.322 e. The summed E-state index contributed by atoms with van der Waals surface area (Å²) in [5.74, 6) is 0.0924. The van der Waals surface area contributed by atoms with Gasteiger partial charge in [0.2, 0.25) is 5.91 Å². The molecule has 1 fully saturated rings. The van der Waals surface area contributed by atoms with E-state index < -0.39 is 5.82 Å². The fourth-order valence-corrected chi connectivity index (χ4v) is 3.12. The smallest absolute Gasteiger partial charge is 0.241 e. The molecular formula is C16H22BrFN2O. The lowest BCUT2D eigenvalue weighted by Gasteiger charge is -2.26. The number of carbonyl (C=O) groups is 1. The SMILES string of the molecule is CC(C(=O)Nc1ccc(Br)cc1F)N(C)CC1CCCC1. The number of benzene rings is 1. The Kier molecular flexibility index (Phi) is 5.76. The van der Waals surface area contributed by atoms with Gasteiger partial charge in [0, 0.05) is 11.0 Å². The number of nitrogens with one attached hydrogen (secondary N) is 1. The van der Waals surface area contributed by atoms with Crippen LogP contribution >= 0.6 is 15.9 Å². The Morgan fingerprint density at radius 2 is 2.14 bits per heavy atom. The highest BCUT2D eigenvalue weighted by molar-refractivity contribution is 9.10. The lowest BCUT2D eigenvalue weighted by molar-refractivity contribution is -0.120. The fourth-order valence-electron chi connectivity index (χ4n) is 2.79. The van der Waals surface area contributed by atoms with E-state index in [4.69, 9.17) is 0 Å². The number of hydrogen-bond acceptors (Lipinski definition) is 2. The number of anilines is 1. The normalized spacial score (nSPS) is 17.2. The van der Waals surface area contributed by atoms with Gasteiger partial charge in [0.1, 0.15) is 5.82 Å². The first-order valence-corrected chi connectivity index (χ1v) is 8.23. The van der Waals surface area contributed by atoms with Crippen molar-refractivity contribution >= 4 is 27.5 Å². The summed E-state index contributed by atoms with van der Waals surface area (Å²) in [6, 6.07) is 4.36. The third kappa shape index (κ3) is 4.51. The summed E-state index contributed by atoms with van der Waals surface area (Å²) >= 11 is 3.20. The van der Waals surface area contributed by atoms with E-state index in [9.17, 15) is 9.18 Å². The molecule has 2 rings (SSSR count). The molecule has 0 radical (unpaired) electrons. The van der Waals surface area contributed by atoms with Crippen molar-refractivity contribution in [1.82, 2.24) is 4.90 Å². The first-order chi connectivity index (χ1) is 9.97. The van der Waals surface area contributed by atoms with Crippen molar-refractivity contribution < 1.29 is 9.18 Å². The summed E-state index contributed by atoms with van der Waals surface area (Å²) in [7, 11) is 1.96. The second-order valence-electron chi connectivity index (χ2n) is 5.88. The van der Waals surface area contributed by atoms with Crippen LogP contribution in [0.5, 0.6) is 0 Å². The molecule has 1 saturated carbocycles. The highest BCUT2D eigenvalue weighted by Gasteiger charge is 2.23. The van der Waals surface area contributed by atoms with Gasteiger partial charge in [-0.2, -0.15) is 0 Å². The predicted octanol–water partition coefficient (Wildman–Crippen LogP) is 4.04. The van der Waals surface area contributed by atoms with E-state index in [-0.39, 0.29) is 17.6 Å². The van der Waals surface area contributed by atoms with Crippen LogP contribution in [0, 0.1) is 11.7 Å². The first kappa shape index (κ1) is 16.4. The quantitative estimate of drug-likeness (QED) is 0.863. The van der Waals surface area contributed by atoms with Crippen molar-refractivity contribution in [3.05, 3.63) is 28.5 Å². The summed E-state index contributed by atoms with van der Waals surface area (Å²) < 4.78 is 14.4. The summed E-state index contributed by atoms with van der Waals surface area (Å²) in [4.78, 5) is 14.3. The summed E-state index contributed by atoms with van der Waals surface area (Å²) in [5.41, 5.74) is 0.226. The maximum Gasteiger partial charge on any atom is 0.241 e. The number of halogens is 2. The van der Waals surface area contributed by atoms with Crippen LogP contribution in [-0.4, -0.2) is 30.4 Å². The Morgan fingerprint density at radius 3 is 2.76 bits per heavy atom. The minimum atomic E-state index is -0.427. The van der Waals surface area contributed by atoms with Gasteiger partial charge in [-0.3, -0.25) is 9.69 Å². The molecule has 1 aliphatic rings. The van der Waals surface area contributed by atoms with Crippen molar-refractivity contribution in [3.8, 4) is 0 Å². The standard InChI is InChI=1S/C16H22BrFN2O/c1-11(20(2)10-12-5-3-4-6-12)16(21)19-15-8-7-13(17)9-14(15)18/h7-9,11-12H,3-6,10H2,1-2H3,(H,19,21). The monoisotopic (exact) mass is 356 g/mol. The highest BCUT2D eigenvalue weighted by atomic mass is 79.9. The molecule has 0 bridgehead atoms. The topological polar surface area (TPSA) is 32.3 Å². The molecule has 1 amide bonds. The molecule has 1 aliphatic carbocycles. The zero-order chi connectivity index (χ0) is 15.4. The fraction of sp³-hybridized carbons (Fsp3) is 0.562. The van der Waals surface area contributed by atoms with Crippen molar-refractivity contribution in [2.75, 3.05) is 18.9 Å². The van der Waals surface area contributed by atoms with Crippen LogP contribution in [0.25, 0.3) is 0 Å². The summed E-state index contributed by atoms with van der Waals surface area (Å²) in [6.45, 7) is 2.79. The van der Waals surface area contributed by atoms with Gasteiger partial charge in [0.25, 0.3) is 0 Å². The zero-order valence-corrected chi connectivity index (χ0v) is 14.1. The summed E-state index contributed by atoms with van der Waals surface area (Å²) in [5, 5.41) is 2.67. The molecule has 1 aromatic carbocycles. The minimum absolute atomic E-state index is 0.170. The molecule has 0 heterocycles. The Balaban J connectivity index is 1.91. The molecule has 1 aromatic rings. The molecule has 21 heavy (non-hydrogen) atoms. The molecule has 0 aliphatic heterocycles. The van der Waals surface area contributed by atoms with E-state index in [0.29, 0.717) is 10.4 Å². The Morgan fingerprint density at radius 1 is 1.48 bits per heavy atom. The van der Waals surface area contributed by atoms with Gasteiger partial charge >= 0.3 is 0 Å². The van der Waals surface area contributed by atoms with Crippen molar-refractivity contribution in [1.29, 1.82) is 0 Å². The van der Waals surface area contributed by atoms with Crippen LogP contribution in [0.3, 0.4) is 0 Å². The molecule has 0 spiro atoms.